The van der Waals surface area contributed by atoms with Crippen molar-refractivity contribution >= 4 is 29.4 Å². The fraction of sp³-hybridized carbons (Fsp3) is 0.316. The number of anilines is 1. The number of benzene rings is 1. The second-order valence-electron chi connectivity index (χ2n) is 6.44. The number of hydrogen-bond acceptors (Lipinski definition) is 6. The van der Waals surface area contributed by atoms with Gasteiger partial charge in [0.25, 0.3) is 17.7 Å². The van der Waals surface area contributed by atoms with Crippen molar-refractivity contribution in [2.45, 2.75) is 20.3 Å². The summed E-state index contributed by atoms with van der Waals surface area (Å²) in [6.07, 6.45) is -0.191. The number of ether oxygens (including phenoxy) is 1. The highest BCUT2D eigenvalue weighted by atomic mass is 16.5. The van der Waals surface area contributed by atoms with E-state index in [1.807, 2.05) is 6.92 Å². The molecular weight excluding hydrogens is 364 g/mol. The zero-order valence-corrected chi connectivity index (χ0v) is 15.8. The van der Waals surface area contributed by atoms with Gasteiger partial charge in [-0.25, -0.2) is 0 Å². The molecule has 0 fully saturated rings. The van der Waals surface area contributed by atoms with Crippen molar-refractivity contribution in [3.05, 3.63) is 46.8 Å². The van der Waals surface area contributed by atoms with Gasteiger partial charge < -0.3 is 10.1 Å². The van der Waals surface area contributed by atoms with E-state index in [0.29, 0.717) is 22.5 Å². The van der Waals surface area contributed by atoms with Crippen molar-refractivity contribution in [1.29, 1.82) is 0 Å². The van der Waals surface area contributed by atoms with E-state index < -0.39 is 30.3 Å². The van der Waals surface area contributed by atoms with Gasteiger partial charge in [-0.3, -0.25) is 28.8 Å². The number of rotatable bonds is 6. The number of nitrogens with one attached hydrogen (secondary N) is 1. The largest absolute Gasteiger partial charge is 0.456 e. The summed E-state index contributed by atoms with van der Waals surface area (Å²) in [7, 11) is 1.76. The SMILES string of the molecule is Cc1nn(C)c(C)c1NC(=O)COC(=O)CCN1C(=O)c2ccccc2C1=O. The lowest BCUT2D eigenvalue weighted by atomic mass is 10.1. The van der Waals surface area contributed by atoms with Gasteiger partial charge in [-0.2, -0.15) is 5.10 Å². The van der Waals surface area contributed by atoms with Crippen LogP contribution >= 0.6 is 0 Å². The third-order valence-electron chi connectivity index (χ3n) is 4.56. The average Bonchev–Trinajstić information content (AvgIpc) is 3.06. The average molecular weight is 384 g/mol. The van der Waals surface area contributed by atoms with Crippen molar-refractivity contribution in [2.75, 3.05) is 18.5 Å². The maximum absolute atomic E-state index is 12.2. The second kappa shape index (κ2) is 7.63. The first-order valence-electron chi connectivity index (χ1n) is 8.70. The van der Waals surface area contributed by atoms with E-state index >= 15 is 0 Å². The summed E-state index contributed by atoms with van der Waals surface area (Å²) in [5.74, 6) is -2.04. The van der Waals surface area contributed by atoms with Gasteiger partial charge in [0.1, 0.15) is 0 Å². The van der Waals surface area contributed by atoms with Gasteiger partial charge in [0.05, 0.1) is 34.6 Å². The van der Waals surface area contributed by atoms with Gasteiger partial charge in [-0.15, -0.1) is 0 Å². The summed E-state index contributed by atoms with van der Waals surface area (Å²) in [5.41, 5.74) is 2.66. The van der Waals surface area contributed by atoms with Crippen LogP contribution in [0.4, 0.5) is 5.69 Å². The van der Waals surface area contributed by atoms with Gasteiger partial charge >= 0.3 is 5.97 Å². The molecule has 1 aromatic carbocycles. The first-order chi connectivity index (χ1) is 13.3. The number of nitrogens with zero attached hydrogens (tertiary/aromatic N) is 3. The van der Waals surface area contributed by atoms with Gasteiger partial charge in [-0.1, -0.05) is 12.1 Å². The van der Waals surface area contributed by atoms with Crippen LogP contribution in [0.5, 0.6) is 0 Å². The van der Waals surface area contributed by atoms with Crippen molar-refractivity contribution in [1.82, 2.24) is 14.7 Å². The number of fused-ring (bicyclic) bond motifs is 1. The van der Waals surface area contributed by atoms with Crippen molar-refractivity contribution in [3.8, 4) is 0 Å². The Bertz CT molecular complexity index is 944. The van der Waals surface area contributed by atoms with Crippen molar-refractivity contribution < 1.29 is 23.9 Å². The number of imide groups is 1. The Morgan fingerprint density at radius 1 is 1.11 bits per heavy atom. The molecule has 2 aromatic rings. The number of aromatic nitrogens is 2. The van der Waals surface area contributed by atoms with Crippen molar-refractivity contribution in [3.63, 3.8) is 0 Å². The van der Waals surface area contributed by atoms with E-state index in [1.54, 1.807) is 42.9 Å². The Labute approximate surface area is 161 Å². The fourth-order valence-electron chi connectivity index (χ4n) is 2.99. The summed E-state index contributed by atoms with van der Waals surface area (Å²) in [6.45, 7) is 3.00. The molecule has 1 aromatic heterocycles. The molecule has 0 atom stereocenters. The molecule has 3 rings (SSSR count). The lowest BCUT2D eigenvalue weighted by Crippen LogP contribution is -2.32. The van der Waals surface area contributed by atoms with Crippen LogP contribution < -0.4 is 5.32 Å². The topological polar surface area (TPSA) is 111 Å². The first-order valence-corrected chi connectivity index (χ1v) is 8.70. The van der Waals surface area contributed by atoms with Gasteiger partial charge in [-0.05, 0) is 26.0 Å². The monoisotopic (exact) mass is 384 g/mol. The highest BCUT2D eigenvalue weighted by molar-refractivity contribution is 6.21. The molecule has 0 saturated heterocycles. The van der Waals surface area contributed by atoms with Gasteiger partial charge in [0, 0.05) is 13.6 Å². The predicted molar refractivity (Wildman–Crippen MR) is 98.7 cm³/mol. The second-order valence-corrected chi connectivity index (χ2v) is 6.44. The number of aryl methyl sites for hydroxylation is 2. The number of hydrogen-bond donors (Lipinski definition) is 1. The molecule has 1 aliphatic rings. The number of amides is 3. The normalized spacial score (nSPS) is 12.9. The predicted octanol–water partition coefficient (Wildman–Crippen LogP) is 1.20. The summed E-state index contributed by atoms with van der Waals surface area (Å²) in [4.78, 5) is 49.4. The molecule has 28 heavy (non-hydrogen) atoms. The Morgan fingerprint density at radius 2 is 1.71 bits per heavy atom. The van der Waals surface area contributed by atoms with Crippen LogP contribution in [-0.4, -0.2) is 51.5 Å². The Morgan fingerprint density at radius 3 is 2.25 bits per heavy atom. The minimum absolute atomic E-state index is 0.104. The van der Waals surface area contributed by atoms with E-state index in [2.05, 4.69) is 10.4 Å². The highest BCUT2D eigenvalue weighted by Gasteiger charge is 2.35. The molecule has 0 bridgehead atoms. The van der Waals surface area contributed by atoms with Crippen LogP contribution in [0, 0.1) is 13.8 Å². The molecule has 0 saturated carbocycles. The van der Waals surface area contributed by atoms with Gasteiger partial charge in [0.15, 0.2) is 6.61 Å². The zero-order valence-electron chi connectivity index (χ0n) is 15.8. The lowest BCUT2D eigenvalue weighted by molar-refractivity contribution is -0.147. The molecule has 1 N–H and O–H groups in total. The molecule has 0 spiro atoms. The smallest absolute Gasteiger partial charge is 0.308 e. The van der Waals surface area contributed by atoms with Crippen LogP contribution in [0.25, 0.3) is 0 Å². The van der Waals surface area contributed by atoms with E-state index in [-0.39, 0.29) is 13.0 Å². The van der Waals surface area contributed by atoms with E-state index in [9.17, 15) is 19.2 Å². The Balaban J connectivity index is 1.48. The number of carbonyl (C=O) groups is 4. The van der Waals surface area contributed by atoms with Gasteiger partial charge in [0.2, 0.25) is 0 Å². The number of carbonyl (C=O) groups excluding carboxylic acids is 4. The molecule has 0 aliphatic carbocycles. The van der Waals surface area contributed by atoms with Crippen LogP contribution in [0.3, 0.4) is 0 Å². The van der Waals surface area contributed by atoms with E-state index in [4.69, 9.17) is 4.74 Å². The Kier molecular flexibility index (Phi) is 5.25. The fourth-order valence-corrected chi connectivity index (χ4v) is 2.99. The third kappa shape index (κ3) is 3.64. The highest BCUT2D eigenvalue weighted by Crippen LogP contribution is 2.22. The molecule has 0 unspecified atom stereocenters. The summed E-state index contributed by atoms with van der Waals surface area (Å²) < 4.78 is 6.58. The summed E-state index contributed by atoms with van der Waals surface area (Å²) in [6, 6.07) is 6.49. The van der Waals surface area contributed by atoms with E-state index in [0.717, 1.165) is 10.6 Å². The standard InChI is InChI=1S/C19H20N4O5/c1-11-17(12(2)22(3)21-11)20-15(24)10-28-16(25)8-9-23-18(26)13-6-4-5-7-14(13)19(23)27/h4-7H,8-10H2,1-3H3,(H,20,24). The molecule has 1 aliphatic heterocycles. The van der Waals surface area contributed by atoms with Crippen LogP contribution in [0.15, 0.2) is 24.3 Å². The third-order valence-corrected chi connectivity index (χ3v) is 4.56. The first kappa shape index (κ1) is 19.3. The quantitative estimate of drug-likeness (QED) is 0.592. The number of esters is 1. The minimum Gasteiger partial charge on any atom is -0.456 e. The molecule has 2 heterocycles. The maximum Gasteiger partial charge on any atom is 0.308 e. The van der Waals surface area contributed by atoms with Crippen LogP contribution in [0.1, 0.15) is 38.5 Å². The maximum atomic E-state index is 12.2. The lowest BCUT2D eigenvalue weighted by Gasteiger charge is -2.13. The summed E-state index contributed by atoms with van der Waals surface area (Å²) in [5, 5.41) is 6.85. The molecule has 0 radical (unpaired) electrons. The van der Waals surface area contributed by atoms with E-state index in [1.165, 1.54) is 0 Å². The minimum atomic E-state index is -0.675. The van der Waals surface area contributed by atoms with Crippen LogP contribution in [-0.2, 0) is 21.4 Å². The van der Waals surface area contributed by atoms with Crippen LogP contribution in [0.2, 0.25) is 0 Å². The molecule has 3 amide bonds. The summed E-state index contributed by atoms with van der Waals surface area (Å²) >= 11 is 0. The molecular formula is C19H20N4O5. The Hall–Kier alpha value is -3.49. The van der Waals surface area contributed by atoms with Crippen molar-refractivity contribution in [2.24, 2.45) is 7.05 Å². The molecule has 9 heteroatoms. The molecule has 146 valence electrons. The zero-order chi connectivity index (χ0) is 20.4. The molecule has 9 nitrogen and oxygen atoms in total.